The van der Waals surface area contributed by atoms with Crippen molar-refractivity contribution in [1.29, 1.82) is 0 Å². The van der Waals surface area contributed by atoms with Crippen LogP contribution in [-0.2, 0) is 23.6 Å². The quantitative estimate of drug-likeness (QED) is 0.361. The highest BCUT2D eigenvalue weighted by molar-refractivity contribution is 7.62. The van der Waals surface area contributed by atoms with Gasteiger partial charge in [0, 0.05) is 12.6 Å². The number of methoxy groups -OCH3 is 1. The Morgan fingerprint density at radius 2 is 1.41 bits per heavy atom. The van der Waals surface area contributed by atoms with Crippen LogP contribution in [0.5, 0.6) is 0 Å². The van der Waals surface area contributed by atoms with Gasteiger partial charge >= 0.3 is 18.2 Å². The number of rotatable bonds is 5. The Morgan fingerprint density at radius 3 is 1.72 bits per heavy atom. The van der Waals surface area contributed by atoms with E-state index in [-0.39, 0.29) is 12.6 Å². The van der Waals surface area contributed by atoms with Crippen molar-refractivity contribution in [1.82, 2.24) is 4.90 Å². The van der Waals surface area contributed by atoms with E-state index in [4.69, 9.17) is 14.2 Å². The Bertz CT molecular complexity index is 693. The molecule has 0 radical (unpaired) electrons. The number of halogens is 1. The molecule has 1 aliphatic carbocycles. The Hall–Kier alpha value is -1.63. The summed E-state index contributed by atoms with van der Waals surface area (Å²) >= 11 is 0. The second-order valence-electron chi connectivity index (χ2n) is 9.84. The number of alkyl halides is 1. The van der Waals surface area contributed by atoms with Crippen LogP contribution in [-0.4, -0.2) is 72.1 Å². The number of carbonyl (C=O) groups excluding carboxylic acids is 3. The van der Waals surface area contributed by atoms with Crippen molar-refractivity contribution in [3.63, 3.8) is 0 Å². The molecule has 0 N–H and O–H groups in total. The van der Waals surface area contributed by atoms with Crippen molar-refractivity contribution in [2.45, 2.75) is 76.8 Å². The van der Waals surface area contributed by atoms with Gasteiger partial charge in [-0.3, -0.25) is 0 Å². The zero-order valence-corrected chi connectivity index (χ0v) is 19.6. The second-order valence-corrected chi connectivity index (χ2v) is 13.4. The maximum atomic E-state index is 15.7. The second kappa shape index (κ2) is 7.89. The molecule has 0 saturated heterocycles. The van der Waals surface area contributed by atoms with Crippen molar-refractivity contribution in [2.75, 3.05) is 26.6 Å². The molecular weight excluding hydrogens is 404 g/mol. The summed E-state index contributed by atoms with van der Waals surface area (Å²) in [6, 6.07) is 0. The Labute approximate surface area is 171 Å². The summed E-state index contributed by atoms with van der Waals surface area (Å²) in [7, 11) is -1.57. The first-order valence-corrected chi connectivity index (χ1v) is 12.1. The van der Waals surface area contributed by atoms with E-state index in [2.05, 4.69) is 0 Å². The van der Waals surface area contributed by atoms with Crippen molar-refractivity contribution >= 4 is 25.3 Å². The van der Waals surface area contributed by atoms with Crippen LogP contribution < -0.4 is 0 Å². The van der Waals surface area contributed by atoms with Gasteiger partial charge < -0.3 is 18.8 Å². The minimum Gasteiger partial charge on any atom is -0.467 e. The van der Waals surface area contributed by atoms with E-state index in [1.54, 1.807) is 41.5 Å². The molecule has 2 amide bonds. The highest BCUT2D eigenvalue weighted by Crippen LogP contribution is 2.60. The van der Waals surface area contributed by atoms with Crippen molar-refractivity contribution in [2.24, 2.45) is 0 Å². The van der Waals surface area contributed by atoms with Gasteiger partial charge in [-0.15, -0.1) is 0 Å². The van der Waals surface area contributed by atoms with Crippen LogP contribution in [0.2, 0.25) is 0 Å². The number of nitrogens with zero attached hydrogens (tertiary/aromatic N) is 1. The monoisotopic (exact) mass is 437 g/mol. The fraction of sp³-hybridized carbons (Fsp3) is 0.842. The predicted molar refractivity (Wildman–Crippen MR) is 106 cm³/mol. The lowest BCUT2D eigenvalue weighted by Crippen LogP contribution is -2.57. The SMILES string of the molecule is COC(=O)[C@@]1(N(C(=O)OC(C)(C)C)C(=O)OC(C)(C)C)C[C@@]1(F)CCP(C)(C)=O. The molecule has 2 atom stereocenters. The minimum atomic E-state index is -2.60. The van der Waals surface area contributed by atoms with E-state index in [0.29, 0.717) is 4.90 Å². The highest BCUT2D eigenvalue weighted by Gasteiger charge is 2.81. The maximum absolute atomic E-state index is 15.7. The van der Waals surface area contributed by atoms with Gasteiger partial charge in [-0.1, -0.05) is 0 Å². The Balaban J connectivity index is 3.43. The smallest absolute Gasteiger partial charge is 0.420 e. The summed E-state index contributed by atoms with van der Waals surface area (Å²) in [5.41, 5.74) is -6.55. The lowest BCUT2D eigenvalue weighted by Gasteiger charge is -2.33. The van der Waals surface area contributed by atoms with Crippen LogP contribution >= 0.6 is 7.14 Å². The van der Waals surface area contributed by atoms with Crippen LogP contribution in [0.1, 0.15) is 54.4 Å². The van der Waals surface area contributed by atoms with Gasteiger partial charge in [0.15, 0.2) is 5.54 Å². The van der Waals surface area contributed by atoms with Gasteiger partial charge in [-0.2, -0.15) is 4.90 Å². The number of hydrogen-bond acceptors (Lipinski definition) is 7. The molecule has 8 nitrogen and oxygen atoms in total. The zero-order chi connectivity index (χ0) is 23.1. The predicted octanol–water partition coefficient (Wildman–Crippen LogP) is 4.20. The number of carbonyl (C=O) groups is 3. The molecule has 29 heavy (non-hydrogen) atoms. The Kier molecular flexibility index (Phi) is 6.92. The Morgan fingerprint density at radius 1 is 1.00 bits per heavy atom. The van der Waals surface area contributed by atoms with Crippen molar-refractivity contribution < 1.29 is 37.5 Å². The average molecular weight is 437 g/mol. The molecule has 0 unspecified atom stereocenters. The fourth-order valence-electron chi connectivity index (χ4n) is 2.90. The molecular formula is C19H33FNO7P. The summed E-state index contributed by atoms with van der Waals surface area (Å²) < 4.78 is 43.1. The van der Waals surface area contributed by atoms with Crippen LogP contribution in [0.4, 0.5) is 14.0 Å². The minimum absolute atomic E-state index is 0.00127. The van der Waals surface area contributed by atoms with E-state index in [9.17, 15) is 18.9 Å². The van der Waals surface area contributed by atoms with Gasteiger partial charge in [-0.25, -0.2) is 18.8 Å². The first-order chi connectivity index (χ1) is 12.8. The lowest BCUT2D eigenvalue weighted by atomic mass is 10.1. The summed E-state index contributed by atoms with van der Waals surface area (Å²) in [6.07, 6.45) is -3.20. The molecule has 0 heterocycles. The number of ether oxygens (including phenoxy) is 3. The van der Waals surface area contributed by atoms with Crippen LogP contribution in [0, 0.1) is 0 Å². The first kappa shape index (κ1) is 25.4. The normalized spacial score (nSPS) is 24.5. The fourth-order valence-corrected chi connectivity index (χ4v) is 3.79. The standard InChI is InChI=1S/C19H33FNO7P/c1-16(2,3)27-14(23)21(15(24)28-17(4,5)6)19(13(22)26-7)12-18(19,20)10-11-29(8,9)25/h10-12H2,1-9H3/t18-,19-/m0/s1. The lowest BCUT2D eigenvalue weighted by molar-refractivity contribution is -0.150. The summed E-state index contributed by atoms with van der Waals surface area (Å²) in [5, 5.41) is 0. The van der Waals surface area contributed by atoms with E-state index >= 15 is 4.39 Å². The van der Waals surface area contributed by atoms with Crippen LogP contribution in [0.3, 0.4) is 0 Å². The first-order valence-electron chi connectivity index (χ1n) is 9.35. The summed E-state index contributed by atoms with van der Waals surface area (Å²) in [6.45, 7) is 12.4. The van der Waals surface area contributed by atoms with Gasteiger partial charge in [-0.05, 0) is 61.3 Å². The number of esters is 1. The van der Waals surface area contributed by atoms with Gasteiger partial charge in [0.1, 0.15) is 16.9 Å². The zero-order valence-electron chi connectivity index (χ0n) is 18.8. The molecule has 1 aliphatic rings. The molecule has 0 aromatic heterocycles. The van der Waals surface area contributed by atoms with Gasteiger partial charge in [0.05, 0.1) is 14.3 Å². The molecule has 0 aromatic carbocycles. The van der Waals surface area contributed by atoms with Crippen LogP contribution in [0.25, 0.3) is 0 Å². The molecule has 0 aliphatic heterocycles. The molecule has 0 spiro atoms. The van der Waals surface area contributed by atoms with E-state index < -0.39 is 54.1 Å². The average Bonchev–Trinajstić information content (AvgIpc) is 3.07. The van der Waals surface area contributed by atoms with E-state index in [1.165, 1.54) is 13.3 Å². The molecule has 0 aromatic rings. The number of imide groups is 1. The summed E-state index contributed by atoms with van der Waals surface area (Å²) in [4.78, 5) is 38.7. The molecule has 0 bridgehead atoms. The molecule has 168 valence electrons. The van der Waals surface area contributed by atoms with Gasteiger partial charge in [0.25, 0.3) is 0 Å². The van der Waals surface area contributed by atoms with E-state index in [0.717, 1.165) is 7.11 Å². The maximum Gasteiger partial charge on any atom is 0.420 e. The van der Waals surface area contributed by atoms with E-state index in [1.807, 2.05) is 0 Å². The van der Waals surface area contributed by atoms with Crippen molar-refractivity contribution in [3.8, 4) is 0 Å². The summed E-state index contributed by atoms with van der Waals surface area (Å²) in [5.74, 6) is -1.10. The van der Waals surface area contributed by atoms with Crippen LogP contribution in [0.15, 0.2) is 0 Å². The third kappa shape index (κ3) is 6.17. The molecule has 10 heteroatoms. The molecule has 1 saturated carbocycles. The largest absolute Gasteiger partial charge is 0.467 e. The third-order valence-electron chi connectivity index (χ3n) is 4.26. The highest BCUT2D eigenvalue weighted by atomic mass is 31.2. The number of hydrogen-bond donors (Lipinski definition) is 0. The van der Waals surface area contributed by atoms with Crippen molar-refractivity contribution in [3.05, 3.63) is 0 Å². The topological polar surface area (TPSA) is 99.2 Å². The molecule has 1 rings (SSSR count). The number of amides is 2. The third-order valence-corrected chi connectivity index (χ3v) is 5.56. The molecule has 1 fully saturated rings. The van der Waals surface area contributed by atoms with Gasteiger partial charge in [0.2, 0.25) is 0 Å².